The maximum absolute atomic E-state index is 13.4. The molecule has 0 radical (unpaired) electrons. The molecule has 9 heteroatoms. The number of rotatable bonds is 9. The number of hydrogen-bond donors (Lipinski definition) is 4. The van der Waals surface area contributed by atoms with Gasteiger partial charge in [-0.05, 0) is 45.2 Å². The summed E-state index contributed by atoms with van der Waals surface area (Å²) in [5.74, 6) is 0.0264. The molecule has 3 rings (SSSR count). The topological polar surface area (TPSA) is 129 Å². The monoisotopic (exact) mass is 471 g/mol. The number of H-pyrrole nitrogens is 1. The van der Waals surface area contributed by atoms with Crippen molar-refractivity contribution < 1.29 is 19.4 Å². The Morgan fingerprint density at radius 3 is 2.59 bits per heavy atom. The Morgan fingerprint density at radius 1 is 1.21 bits per heavy atom. The molecule has 186 valence electrons. The zero-order chi connectivity index (χ0) is 24.6. The van der Waals surface area contributed by atoms with Crippen LogP contribution in [0.15, 0.2) is 36.9 Å². The standard InChI is InChI=1S/C25H37N5O4/c1-25(2,3)34-24(33)30-21(14-18-15-26-16-28-18)23(32)29-20(13-17-9-5-4-6-10-17)22(31)19-11-7-8-12-27-19/h7-8,11-12,15-17,20-22,31H,4-6,9-10,13-14H2,1-3H3,(H,26,28)(H,29,32)(H,30,33)/t20-,21+,22-/m1/s1. The zero-order valence-electron chi connectivity index (χ0n) is 20.3. The van der Waals surface area contributed by atoms with Gasteiger partial charge in [-0.3, -0.25) is 9.78 Å². The number of ether oxygens (including phenoxy) is 1. The quantitative estimate of drug-likeness (QED) is 0.443. The molecule has 9 nitrogen and oxygen atoms in total. The number of aromatic nitrogens is 3. The molecule has 1 fully saturated rings. The fourth-order valence-corrected chi connectivity index (χ4v) is 4.36. The van der Waals surface area contributed by atoms with Crippen LogP contribution in [0.3, 0.4) is 0 Å². The van der Waals surface area contributed by atoms with Gasteiger partial charge in [0.1, 0.15) is 17.7 Å². The van der Waals surface area contributed by atoms with Gasteiger partial charge in [0.05, 0.1) is 18.1 Å². The van der Waals surface area contributed by atoms with E-state index >= 15 is 0 Å². The summed E-state index contributed by atoms with van der Waals surface area (Å²) in [7, 11) is 0. The minimum absolute atomic E-state index is 0.209. The van der Waals surface area contributed by atoms with Gasteiger partial charge in [0.15, 0.2) is 0 Å². The molecule has 34 heavy (non-hydrogen) atoms. The number of aliphatic hydroxyl groups excluding tert-OH is 1. The molecular formula is C25H37N5O4. The molecule has 1 saturated carbocycles. The van der Waals surface area contributed by atoms with Crippen LogP contribution in [0.4, 0.5) is 4.79 Å². The average molecular weight is 472 g/mol. The van der Waals surface area contributed by atoms with Crippen molar-refractivity contribution in [2.75, 3.05) is 0 Å². The number of alkyl carbamates (subject to hydrolysis) is 1. The molecule has 1 aliphatic carbocycles. The summed E-state index contributed by atoms with van der Waals surface area (Å²) in [5, 5.41) is 16.8. The van der Waals surface area contributed by atoms with E-state index in [1.807, 2.05) is 6.07 Å². The molecule has 0 bridgehead atoms. The largest absolute Gasteiger partial charge is 0.444 e. The smallest absolute Gasteiger partial charge is 0.408 e. The maximum Gasteiger partial charge on any atom is 0.408 e. The molecule has 2 aromatic heterocycles. The van der Waals surface area contributed by atoms with E-state index in [2.05, 4.69) is 25.6 Å². The number of aliphatic hydroxyl groups is 1. The van der Waals surface area contributed by atoms with Crippen molar-refractivity contribution in [3.63, 3.8) is 0 Å². The predicted molar refractivity (Wildman–Crippen MR) is 128 cm³/mol. The van der Waals surface area contributed by atoms with Gasteiger partial charge in [-0.15, -0.1) is 0 Å². The van der Waals surface area contributed by atoms with Crippen LogP contribution in [0, 0.1) is 5.92 Å². The lowest BCUT2D eigenvalue weighted by atomic mass is 9.83. The fourth-order valence-electron chi connectivity index (χ4n) is 4.36. The number of nitrogens with one attached hydrogen (secondary N) is 3. The van der Waals surface area contributed by atoms with Crippen molar-refractivity contribution >= 4 is 12.0 Å². The molecule has 1 aliphatic rings. The van der Waals surface area contributed by atoms with Gasteiger partial charge in [-0.25, -0.2) is 9.78 Å². The second kappa shape index (κ2) is 12.0. The Bertz CT molecular complexity index is 892. The van der Waals surface area contributed by atoms with Gasteiger partial charge in [-0.2, -0.15) is 0 Å². The number of aromatic amines is 1. The van der Waals surface area contributed by atoms with Gasteiger partial charge in [0, 0.05) is 24.5 Å². The van der Waals surface area contributed by atoms with Crippen LogP contribution in [0.25, 0.3) is 0 Å². The molecule has 2 heterocycles. The van der Waals surface area contributed by atoms with E-state index in [0.717, 1.165) is 25.7 Å². The third kappa shape index (κ3) is 8.13. The maximum atomic E-state index is 13.4. The van der Waals surface area contributed by atoms with Crippen LogP contribution in [0.1, 0.15) is 76.8 Å². The highest BCUT2D eigenvalue weighted by atomic mass is 16.6. The van der Waals surface area contributed by atoms with Crippen molar-refractivity contribution in [3.05, 3.63) is 48.3 Å². The summed E-state index contributed by atoms with van der Waals surface area (Å²) in [4.78, 5) is 37.1. The zero-order valence-corrected chi connectivity index (χ0v) is 20.3. The van der Waals surface area contributed by atoms with Crippen LogP contribution in [-0.4, -0.2) is 49.7 Å². The number of pyridine rings is 1. The van der Waals surface area contributed by atoms with Gasteiger partial charge in [0.2, 0.25) is 5.91 Å². The molecule has 2 amide bonds. The highest BCUT2D eigenvalue weighted by molar-refractivity contribution is 5.86. The summed E-state index contributed by atoms with van der Waals surface area (Å²) < 4.78 is 5.37. The first-order valence-corrected chi connectivity index (χ1v) is 12.1. The number of carbonyl (C=O) groups excluding carboxylic acids is 2. The number of nitrogens with zero attached hydrogens (tertiary/aromatic N) is 2. The Balaban J connectivity index is 1.76. The predicted octanol–water partition coefficient (Wildman–Crippen LogP) is 3.43. The van der Waals surface area contributed by atoms with E-state index in [0.29, 0.717) is 23.7 Å². The summed E-state index contributed by atoms with van der Waals surface area (Å²) in [6.45, 7) is 5.29. The highest BCUT2D eigenvalue weighted by Crippen LogP contribution is 2.30. The van der Waals surface area contributed by atoms with Crippen molar-refractivity contribution in [2.45, 2.75) is 89.5 Å². The minimum Gasteiger partial charge on any atom is -0.444 e. The molecule has 0 aromatic carbocycles. The first-order valence-electron chi connectivity index (χ1n) is 12.1. The third-order valence-corrected chi connectivity index (χ3v) is 6.00. The summed E-state index contributed by atoms with van der Waals surface area (Å²) in [6, 6.07) is 3.92. The van der Waals surface area contributed by atoms with Gasteiger partial charge in [-0.1, -0.05) is 38.2 Å². The Kier molecular flexibility index (Phi) is 9.04. The van der Waals surface area contributed by atoms with Gasteiger partial charge >= 0.3 is 6.09 Å². The van der Waals surface area contributed by atoms with E-state index in [1.165, 1.54) is 12.7 Å². The average Bonchev–Trinajstić information content (AvgIpc) is 3.31. The lowest BCUT2D eigenvalue weighted by Gasteiger charge is -2.31. The molecular weight excluding hydrogens is 434 g/mol. The summed E-state index contributed by atoms with van der Waals surface area (Å²) >= 11 is 0. The number of carbonyl (C=O) groups is 2. The van der Waals surface area contributed by atoms with Crippen LogP contribution >= 0.6 is 0 Å². The van der Waals surface area contributed by atoms with Crippen molar-refractivity contribution in [1.82, 2.24) is 25.6 Å². The normalized spacial score (nSPS) is 17.4. The Labute approximate surface area is 201 Å². The fraction of sp³-hybridized carbons (Fsp3) is 0.600. The van der Waals surface area contributed by atoms with Crippen LogP contribution in [0.5, 0.6) is 0 Å². The molecule has 0 spiro atoms. The molecule has 0 aliphatic heterocycles. The van der Waals surface area contributed by atoms with Crippen molar-refractivity contribution in [1.29, 1.82) is 0 Å². The number of amides is 2. The van der Waals surface area contributed by atoms with Crippen LogP contribution < -0.4 is 10.6 Å². The van der Waals surface area contributed by atoms with Crippen molar-refractivity contribution in [2.24, 2.45) is 5.92 Å². The van der Waals surface area contributed by atoms with E-state index in [9.17, 15) is 14.7 Å². The lowest BCUT2D eigenvalue weighted by Crippen LogP contribution is -2.53. The third-order valence-electron chi connectivity index (χ3n) is 6.00. The number of hydrogen-bond acceptors (Lipinski definition) is 6. The molecule has 0 saturated heterocycles. The van der Waals surface area contributed by atoms with Crippen LogP contribution in [0.2, 0.25) is 0 Å². The second-order valence-electron chi connectivity index (χ2n) is 10.0. The number of imidazole rings is 1. The van der Waals surface area contributed by atoms with Gasteiger partial charge < -0.3 is 25.5 Å². The van der Waals surface area contributed by atoms with Gasteiger partial charge in [0.25, 0.3) is 0 Å². The molecule has 0 unspecified atom stereocenters. The van der Waals surface area contributed by atoms with Crippen LogP contribution in [-0.2, 0) is 16.0 Å². The Hall–Kier alpha value is -2.94. The lowest BCUT2D eigenvalue weighted by molar-refractivity contribution is -0.125. The first kappa shape index (κ1) is 25.7. The second-order valence-corrected chi connectivity index (χ2v) is 10.0. The Morgan fingerprint density at radius 2 is 1.97 bits per heavy atom. The van der Waals surface area contributed by atoms with E-state index in [-0.39, 0.29) is 6.42 Å². The SMILES string of the molecule is CC(C)(C)OC(=O)N[C@@H](Cc1cnc[nH]1)C(=O)N[C@H](CC1CCCCC1)[C@H](O)c1ccccn1. The van der Waals surface area contributed by atoms with E-state index in [1.54, 1.807) is 45.3 Å². The minimum atomic E-state index is -0.957. The van der Waals surface area contributed by atoms with E-state index in [4.69, 9.17) is 4.74 Å². The first-order chi connectivity index (χ1) is 16.2. The highest BCUT2D eigenvalue weighted by Gasteiger charge is 2.32. The molecule has 3 atom stereocenters. The summed E-state index contributed by atoms with van der Waals surface area (Å²) in [5.41, 5.74) is 0.511. The van der Waals surface area contributed by atoms with E-state index < -0.39 is 35.8 Å². The van der Waals surface area contributed by atoms with Crippen molar-refractivity contribution in [3.8, 4) is 0 Å². The molecule has 4 N–H and O–H groups in total. The summed E-state index contributed by atoms with van der Waals surface area (Å²) in [6.07, 6.45) is 9.68. The molecule has 2 aromatic rings.